The number of hydrogen-bond acceptors (Lipinski definition) is 6. The van der Waals surface area contributed by atoms with Crippen molar-refractivity contribution in [1.29, 1.82) is 0 Å². The molecule has 1 saturated heterocycles. The van der Waals surface area contributed by atoms with Gasteiger partial charge >= 0.3 is 0 Å². The standard InChI is InChI=1S/C25H31NO5S/c1-15(2)14-31-19-8-7-18(13-17(19)4)22(27)20-21(24-16(3)9-12-32-24)26(10-6-11-30-5)25(29)23(20)28/h7-9,12-13,15,21,27H,6,10-11,14H2,1-5H3/b22-20-. The van der Waals surface area contributed by atoms with E-state index in [1.54, 1.807) is 30.2 Å². The normalized spacial score (nSPS) is 18.1. The monoisotopic (exact) mass is 457 g/mol. The second-order valence-electron chi connectivity index (χ2n) is 8.49. The van der Waals surface area contributed by atoms with E-state index >= 15 is 0 Å². The number of ketones is 1. The number of carbonyl (C=O) groups excluding carboxylic acids is 2. The Morgan fingerprint density at radius 2 is 1.94 bits per heavy atom. The molecule has 0 aliphatic carbocycles. The van der Waals surface area contributed by atoms with Gasteiger partial charge in [0.25, 0.3) is 11.7 Å². The van der Waals surface area contributed by atoms with Gasteiger partial charge in [0.2, 0.25) is 0 Å². The second kappa shape index (κ2) is 10.3. The second-order valence-corrected chi connectivity index (χ2v) is 9.44. The first-order valence-electron chi connectivity index (χ1n) is 10.8. The molecule has 1 unspecified atom stereocenters. The molecule has 1 aromatic heterocycles. The van der Waals surface area contributed by atoms with E-state index in [1.165, 1.54) is 11.3 Å². The van der Waals surface area contributed by atoms with Crippen LogP contribution in [-0.2, 0) is 14.3 Å². The molecule has 0 spiro atoms. The van der Waals surface area contributed by atoms with E-state index in [-0.39, 0.29) is 11.3 Å². The molecule has 3 rings (SSSR count). The number of methoxy groups -OCH3 is 1. The third-order valence-electron chi connectivity index (χ3n) is 5.46. The molecule has 1 aliphatic heterocycles. The average molecular weight is 458 g/mol. The van der Waals surface area contributed by atoms with Crippen LogP contribution < -0.4 is 4.74 Å². The number of rotatable bonds is 9. The fourth-order valence-corrected chi connectivity index (χ4v) is 4.84. The third kappa shape index (κ3) is 4.89. The summed E-state index contributed by atoms with van der Waals surface area (Å²) in [6.07, 6.45) is 0.603. The van der Waals surface area contributed by atoms with Crippen LogP contribution in [0.5, 0.6) is 5.75 Å². The zero-order valence-electron chi connectivity index (χ0n) is 19.3. The SMILES string of the molecule is COCCCN1C(=O)C(=O)/C(=C(\O)c2ccc(OCC(C)C)c(C)c2)C1c1sccc1C. The Morgan fingerprint density at radius 1 is 1.19 bits per heavy atom. The number of carbonyl (C=O) groups is 2. The summed E-state index contributed by atoms with van der Waals surface area (Å²) in [7, 11) is 1.60. The summed E-state index contributed by atoms with van der Waals surface area (Å²) in [6.45, 7) is 9.45. The Kier molecular flexibility index (Phi) is 7.74. The molecule has 1 atom stereocenters. The number of likely N-dealkylation sites (tertiary alicyclic amines) is 1. The zero-order chi connectivity index (χ0) is 23.4. The minimum atomic E-state index is -0.657. The number of aryl methyl sites for hydroxylation is 2. The highest BCUT2D eigenvalue weighted by molar-refractivity contribution is 7.10. The van der Waals surface area contributed by atoms with Gasteiger partial charge in [-0.3, -0.25) is 9.59 Å². The van der Waals surface area contributed by atoms with E-state index in [0.717, 1.165) is 21.8 Å². The molecule has 2 heterocycles. The number of ether oxygens (including phenoxy) is 2. The largest absolute Gasteiger partial charge is 0.507 e. The van der Waals surface area contributed by atoms with Gasteiger partial charge in [0.05, 0.1) is 18.2 Å². The van der Waals surface area contributed by atoms with Crippen LogP contribution in [0.3, 0.4) is 0 Å². The quantitative estimate of drug-likeness (QED) is 0.252. The van der Waals surface area contributed by atoms with E-state index in [0.29, 0.717) is 37.7 Å². The lowest BCUT2D eigenvalue weighted by molar-refractivity contribution is -0.140. The Hall–Kier alpha value is -2.64. The van der Waals surface area contributed by atoms with Gasteiger partial charge in [0, 0.05) is 30.7 Å². The summed E-state index contributed by atoms with van der Waals surface area (Å²) in [4.78, 5) is 28.4. The molecule has 1 aliphatic rings. The summed E-state index contributed by atoms with van der Waals surface area (Å²) < 4.78 is 10.9. The molecule has 1 N–H and O–H groups in total. The first-order valence-corrected chi connectivity index (χ1v) is 11.7. The van der Waals surface area contributed by atoms with Crippen molar-refractivity contribution in [3.63, 3.8) is 0 Å². The first kappa shape index (κ1) is 24.0. The van der Waals surface area contributed by atoms with Crippen molar-refractivity contribution in [2.75, 3.05) is 26.9 Å². The molecule has 1 fully saturated rings. The predicted octanol–water partition coefficient (Wildman–Crippen LogP) is 4.86. The Morgan fingerprint density at radius 3 is 2.53 bits per heavy atom. The number of benzene rings is 1. The van der Waals surface area contributed by atoms with E-state index in [9.17, 15) is 14.7 Å². The van der Waals surface area contributed by atoms with Crippen LogP contribution in [0.2, 0.25) is 0 Å². The van der Waals surface area contributed by atoms with Gasteiger partial charge in [0.15, 0.2) is 0 Å². The van der Waals surface area contributed by atoms with E-state index < -0.39 is 17.7 Å². The molecule has 1 aromatic carbocycles. The highest BCUT2D eigenvalue weighted by Gasteiger charge is 2.46. The number of nitrogens with zero attached hydrogens (tertiary/aromatic N) is 1. The van der Waals surface area contributed by atoms with Crippen LogP contribution in [0.4, 0.5) is 0 Å². The maximum absolute atomic E-state index is 13.0. The zero-order valence-corrected chi connectivity index (χ0v) is 20.1. The van der Waals surface area contributed by atoms with Crippen molar-refractivity contribution in [3.05, 3.63) is 56.8 Å². The Labute approximate surface area is 193 Å². The van der Waals surface area contributed by atoms with Crippen LogP contribution in [0.25, 0.3) is 5.76 Å². The average Bonchev–Trinajstić information content (AvgIpc) is 3.28. The molecule has 32 heavy (non-hydrogen) atoms. The molecule has 1 amide bonds. The van der Waals surface area contributed by atoms with Gasteiger partial charge in [0.1, 0.15) is 11.5 Å². The predicted molar refractivity (Wildman–Crippen MR) is 126 cm³/mol. The van der Waals surface area contributed by atoms with Crippen molar-refractivity contribution in [2.24, 2.45) is 5.92 Å². The summed E-state index contributed by atoms with van der Waals surface area (Å²) >= 11 is 1.48. The minimum absolute atomic E-state index is 0.133. The number of thiophene rings is 1. The molecular formula is C25H31NO5S. The lowest BCUT2D eigenvalue weighted by Gasteiger charge is -2.24. The summed E-state index contributed by atoms with van der Waals surface area (Å²) in [5.74, 6) is -0.273. The highest BCUT2D eigenvalue weighted by atomic mass is 32.1. The van der Waals surface area contributed by atoms with Crippen molar-refractivity contribution in [1.82, 2.24) is 4.90 Å². The van der Waals surface area contributed by atoms with Crippen LogP contribution in [-0.4, -0.2) is 48.6 Å². The summed E-state index contributed by atoms with van der Waals surface area (Å²) in [6, 6.07) is 6.67. The number of aliphatic hydroxyl groups is 1. The van der Waals surface area contributed by atoms with Crippen LogP contribution >= 0.6 is 11.3 Å². The molecule has 6 nitrogen and oxygen atoms in total. The number of Topliss-reactive ketones (excluding diaryl/α,β-unsaturated/α-hetero) is 1. The molecule has 7 heteroatoms. The molecule has 172 valence electrons. The number of amides is 1. The molecule has 2 aromatic rings. The smallest absolute Gasteiger partial charge is 0.295 e. The van der Waals surface area contributed by atoms with Crippen molar-refractivity contribution in [3.8, 4) is 5.75 Å². The molecular weight excluding hydrogens is 426 g/mol. The van der Waals surface area contributed by atoms with Gasteiger partial charge < -0.3 is 19.5 Å². The highest BCUT2D eigenvalue weighted by Crippen LogP contribution is 2.42. The van der Waals surface area contributed by atoms with Gasteiger partial charge in [-0.25, -0.2) is 0 Å². The first-order chi connectivity index (χ1) is 15.3. The molecule has 0 bridgehead atoms. The minimum Gasteiger partial charge on any atom is -0.507 e. The van der Waals surface area contributed by atoms with Gasteiger partial charge in [-0.15, -0.1) is 11.3 Å². The fraction of sp³-hybridized carbons (Fsp3) is 0.440. The summed E-state index contributed by atoms with van der Waals surface area (Å²) in [5.41, 5.74) is 2.47. The van der Waals surface area contributed by atoms with Gasteiger partial charge in [-0.1, -0.05) is 13.8 Å². The Bertz CT molecular complexity index is 1020. The molecule has 0 radical (unpaired) electrons. The van der Waals surface area contributed by atoms with Crippen LogP contribution in [0.1, 0.15) is 47.9 Å². The third-order valence-corrected chi connectivity index (χ3v) is 6.53. The van der Waals surface area contributed by atoms with Crippen molar-refractivity contribution >= 4 is 28.8 Å². The topological polar surface area (TPSA) is 76.1 Å². The lowest BCUT2D eigenvalue weighted by Crippen LogP contribution is -2.31. The number of aliphatic hydroxyl groups excluding tert-OH is 1. The fourth-order valence-electron chi connectivity index (χ4n) is 3.80. The van der Waals surface area contributed by atoms with E-state index in [4.69, 9.17) is 9.47 Å². The van der Waals surface area contributed by atoms with Crippen LogP contribution in [0.15, 0.2) is 35.2 Å². The van der Waals surface area contributed by atoms with Gasteiger partial charge in [-0.2, -0.15) is 0 Å². The van der Waals surface area contributed by atoms with Crippen molar-refractivity contribution < 1.29 is 24.2 Å². The van der Waals surface area contributed by atoms with E-state index in [2.05, 4.69) is 13.8 Å². The summed E-state index contributed by atoms with van der Waals surface area (Å²) in [5, 5.41) is 13.1. The number of hydrogen-bond donors (Lipinski definition) is 1. The van der Waals surface area contributed by atoms with Crippen LogP contribution in [0, 0.1) is 19.8 Å². The molecule has 0 saturated carbocycles. The maximum atomic E-state index is 13.0. The maximum Gasteiger partial charge on any atom is 0.295 e. The lowest BCUT2D eigenvalue weighted by atomic mass is 9.97. The van der Waals surface area contributed by atoms with E-state index in [1.807, 2.05) is 25.3 Å². The van der Waals surface area contributed by atoms with Gasteiger partial charge in [-0.05, 0) is 67.0 Å². The van der Waals surface area contributed by atoms with Crippen molar-refractivity contribution in [2.45, 2.75) is 40.2 Å². The Balaban J connectivity index is 2.04.